The van der Waals surface area contributed by atoms with Crippen molar-refractivity contribution in [3.8, 4) is 0 Å². The van der Waals surface area contributed by atoms with Crippen molar-refractivity contribution in [2.24, 2.45) is 0 Å². The maximum Gasteiger partial charge on any atom is 0.133 e. The van der Waals surface area contributed by atoms with Crippen LogP contribution in [-0.2, 0) is 6.42 Å². The van der Waals surface area contributed by atoms with Crippen LogP contribution in [0.15, 0.2) is 22.6 Å². The monoisotopic (exact) mass is 288 g/mol. The molecule has 114 valence electrons. The van der Waals surface area contributed by atoms with Crippen molar-refractivity contribution in [1.29, 1.82) is 0 Å². The Kier molecular flexibility index (Phi) is 5.20. The fourth-order valence-electron chi connectivity index (χ4n) is 2.16. The fraction of sp³-hybridized carbons (Fsp3) is 0.500. The lowest BCUT2D eigenvalue weighted by atomic mass is 10.2. The van der Waals surface area contributed by atoms with E-state index in [2.05, 4.69) is 41.4 Å². The molecule has 2 aromatic rings. The largest absolute Gasteiger partial charge is 0.464 e. The van der Waals surface area contributed by atoms with Gasteiger partial charge in [0.1, 0.15) is 29.0 Å². The molecule has 2 N–H and O–H groups in total. The van der Waals surface area contributed by atoms with Crippen LogP contribution in [0.3, 0.4) is 0 Å². The third-order valence-corrected chi connectivity index (χ3v) is 3.16. The number of nitrogens with zero attached hydrogens (tertiary/aromatic N) is 2. The molecule has 0 amide bonds. The number of anilines is 2. The van der Waals surface area contributed by atoms with Crippen molar-refractivity contribution in [2.75, 3.05) is 17.2 Å². The Morgan fingerprint density at radius 2 is 1.95 bits per heavy atom. The average Bonchev–Trinajstić information content (AvgIpc) is 2.86. The number of hydrogen-bond acceptors (Lipinski definition) is 5. The molecule has 2 heterocycles. The molecule has 1 unspecified atom stereocenters. The number of aromatic nitrogens is 2. The number of nitrogens with one attached hydrogen (secondary N) is 2. The minimum Gasteiger partial charge on any atom is -0.464 e. The van der Waals surface area contributed by atoms with E-state index in [0.717, 1.165) is 48.4 Å². The van der Waals surface area contributed by atoms with Crippen molar-refractivity contribution in [1.82, 2.24) is 9.97 Å². The highest BCUT2D eigenvalue weighted by Crippen LogP contribution is 2.21. The smallest absolute Gasteiger partial charge is 0.133 e. The third-order valence-electron chi connectivity index (χ3n) is 3.16. The van der Waals surface area contributed by atoms with E-state index in [1.165, 1.54) is 0 Å². The van der Waals surface area contributed by atoms with Crippen LogP contribution in [-0.4, -0.2) is 16.5 Å². The van der Waals surface area contributed by atoms with Gasteiger partial charge in [0.15, 0.2) is 0 Å². The van der Waals surface area contributed by atoms with Gasteiger partial charge in [0.2, 0.25) is 0 Å². The van der Waals surface area contributed by atoms with Crippen molar-refractivity contribution < 1.29 is 4.42 Å². The predicted octanol–water partition coefficient (Wildman–Crippen LogP) is 3.94. The van der Waals surface area contributed by atoms with E-state index in [0.29, 0.717) is 0 Å². The van der Waals surface area contributed by atoms with Gasteiger partial charge in [-0.1, -0.05) is 6.92 Å². The SMILES string of the molecule is CCCc1nc(NCC)cc(NC(C)c2ccc(C)o2)n1. The first kappa shape index (κ1) is 15.4. The van der Waals surface area contributed by atoms with E-state index in [-0.39, 0.29) is 6.04 Å². The van der Waals surface area contributed by atoms with Gasteiger partial charge in [-0.05, 0) is 39.3 Å². The second-order valence-corrected chi connectivity index (χ2v) is 5.15. The first-order chi connectivity index (χ1) is 10.1. The summed E-state index contributed by atoms with van der Waals surface area (Å²) in [7, 11) is 0. The molecule has 1 atom stereocenters. The zero-order valence-electron chi connectivity index (χ0n) is 13.2. The van der Waals surface area contributed by atoms with Gasteiger partial charge in [-0.2, -0.15) is 0 Å². The Bertz CT molecular complexity index is 555. The maximum atomic E-state index is 5.65. The zero-order chi connectivity index (χ0) is 15.2. The molecule has 0 bridgehead atoms. The van der Waals surface area contributed by atoms with Gasteiger partial charge in [-0.25, -0.2) is 9.97 Å². The molecule has 2 rings (SSSR count). The van der Waals surface area contributed by atoms with Gasteiger partial charge in [0.25, 0.3) is 0 Å². The minimum atomic E-state index is 0.0672. The van der Waals surface area contributed by atoms with Gasteiger partial charge in [0, 0.05) is 19.0 Å². The summed E-state index contributed by atoms with van der Waals surface area (Å²) in [5, 5.41) is 6.63. The van der Waals surface area contributed by atoms with E-state index in [1.54, 1.807) is 0 Å². The standard InChI is InChI=1S/C16H24N4O/c1-5-7-14-19-15(17-6-2)10-16(20-14)18-12(4)13-9-8-11(3)21-13/h8-10,12H,5-7H2,1-4H3,(H2,17,18,19,20). The second kappa shape index (κ2) is 7.11. The minimum absolute atomic E-state index is 0.0672. The van der Waals surface area contributed by atoms with E-state index >= 15 is 0 Å². The van der Waals surface area contributed by atoms with Crippen LogP contribution in [0.4, 0.5) is 11.6 Å². The summed E-state index contributed by atoms with van der Waals surface area (Å²) in [6, 6.07) is 5.97. The van der Waals surface area contributed by atoms with Gasteiger partial charge >= 0.3 is 0 Å². The molecule has 0 spiro atoms. The van der Waals surface area contributed by atoms with Crippen LogP contribution in [0, 0.1) is 6.92 Å². The maximum absolute atomic E-state index is 5.65. The Morgan fingerprint density at radius 1 is 1.19 bits per heavy atom. The number of furan rings is 1. The Morgan fingerprint density at radius 3 is 2.57 bits per heavy atom. The molecular weight excluding hydrogens is 264 g/mol. The Balaban J connectivity index is 2.17. The van der Waals surface area contributed by atoms with Gasteiger partial charge in [0.05, 0.1) is 6.04 Å². The van der Waals surface area contributed by atoms with Gasteiger partial charge < -0.3 is 15.1 Å². The molecule has 0 aliphatic heterocycles. The highest BCUT2D eigenvalue weighted by Gasteiger charge is 2.11. The highest BCUT2D eigenvalue weighted by atomic mass is 16.3. The van der Waals surface area contributed by atoms with Crippen LogP contribution in [0.25, 0.3) is 0 Å². The third kappa shape index (κ3) is 4.21. The molecule has 0 saturated carbocycles. The molecule has 0 fully saturated rings. The lowest BCUT2D eigenvalue weighted by Crippen LogP contribution is -2.11. The summed E-state index contributed by atoms with van der Waals surface area (Å²) in [5.74, 6) is 4.38. The summed E-state index contributed by atoms with van der Waals surface area (Å²) < 4.78 is 5.65. The summed E-state index contributed by atoms with van der Waals surface area (Å²) in [6.45, 7) is 9.04. The van der Waals surface area contributed by atoms with Crippen molar-refractivity contribution in [3.63, 3.8) is 0 Å². The number of hydrogen-bond donors (Lipinski definition) is 2. The zero-order valence-corrected chi connectivity index (χ0v) is 13.2. The topological polar surface area (TPSA) is 63.0 Å². The lowest BCUT2D eigenvalue weighted by molar-refractivity contribution is 0.466. The van der Waals surface area contributed by atoms with Crippen molar-refractivity contribution in [3.05, 3.63) is 35.5 Å². The van der Waals surface area contributed by atoms with Gasteiger partial charge in [-0.3, -0.25) is 0 Å². The summed E-state index contributed by atoms with van der Waals surface area (Å²) in [6.07, 6.45) is 1.91. The molecule has 21 heavy (non-hydrogen) atoms. The molecule has 0 aromatic carbocycles. The molecule has 0 radical (unpaired) electrons. The van der Waals surface area contributed by atoms with E-state index in [1.807, 2.05) is 25.1 Å². The number of aryl methyl sites for hydroxylation is 2. The molecule has 0 saturated heterocycles. The lowest BCUT2D eigenvalue weighted by Gasteiger charge is -2.14. The van der Waals surface area contributed by atoms with Crippen LogP contribution in [0.1, 0.15) is 50.6 Å². The van der Waals surface area contributed by atoms with E-state index in [9.17, 15) is 0 Å². The Labute approximate surface area is 126 Å². The van der Waals surface area contributed by atoms with Crippen molar-refractivity contribution in [2.45, 2.75) is 46.6 Å². The first-order valence-electron chi connectivity index (χ1n) is 7.57. The van der Waals surface area contributed by atoms with Gasteiger partial charge in [-0.15, -0.1) is 0 Å². The second-order valence-electron chi connectivity index (χ2n) is 5.15. The number of rotatable bonds is 7. The highest BCUT2D eigenvalue weighted by molar-refractivity contribution is 5.48. The fourth-order valence-corrected chi connectivity index (χ4v) is 2.16. The normalized spacial score (nSPS) is 12.2. The van der Waals surface area contributed by atoms with Crippen LogP contribution in [0.2, 0.25) is 0 Å². The summed E-state index contributed by atoms with van der Waals surface area (Å²) >= 11 is 0. The van der Waals surface area contributed by atoms with E-state index in [4.69, 9.17) is 4.42 Å². The molecular formula is C16H24N4O. The van der Waals surface area contributed by atoms with Crippen LogP contribution in [0.5, 0.6) is 0 Å². The molecule has 0 aliphatic rings. The molecule has 2 aromatic heterocycles. The molecule has 5 nitrogen and oxygen atoms in total. The summed E-state index contributed by atoms with van der Waals surface area (Å²) in [5.41, 5.74) is 0. The summed E-state index contributed by atoms with van der Waals surface area (Å²) in [4.78, 5) is 9.09. The molecule has 5 heteroatoms. The predicted molar refractivity (Wildman–Crippen MR) is 85.7 cm³/mol. The first-order valence-corrected chi connectivity index (χ1v) is 7.57. The molecule has 0 aliphatic carbocycles. The van der Waals surface area contributed by atoms with Crippen LogP contribution < -0.4 is 10.6 Å². The Hall–Kier alpha value is -2.04. The van der Waals surface area contributed by atoms with Crippen molar-refractivity contribution >= 4 is 11.6 Å². The average molecular weight is 288 g/mol. The quantitative estimate of drug-likeness (QED) is 0.808. The van der Waals surface area contributed by atoms with Crippen LogP contribution >= 0.6 is 0 Å². The van der Waals surface area contributed by atoms with E-state index < -0.39 is 0 Å².